The summed E-state index contributed by atoms with van der Waals surface area (Å²) < 4.78 is 25.4. The molecule has 1 aromatic carbocycles. The first kappa shape index (κ1) is 15.9. The van der Waals surface area contributed by atoms with Crippen LogP contribution >= 0.6 is 0 Å². The van der Waals surface area contributed by atoms with E-state index in [0.29, 0.717) is 23.3 Å². The van der Waals surface area contributed by atoms with E-state index in [1.54, 1.807) is 0 Å². The molecular weight excluding hydrogens is 322 g/mol. The van der Waals surface area contributed by atoms with Gasteiger partial charge >= 0.3 is 0 Å². The molecule has 1 aliphatic heterocycles. The molecule has 5 nitrogen and oxygen atoms in total. The predicted octanol–water partition coefficient (Wildman–Crippen LogP) is 3.08. The highest BCUT2D eigenvalue weighted by Gasteiger charge is 2.29. The van der Waals surface area contributed by atoms with Gasteiger partial charge in [-0.15, -0.1) is 0 Å². The molecular formula is C18H25N3O2S. The van der Waals surface area contributed by atoms with Crippen LogP contribution in [0.1, 0.15) is 44.3 Å². The molecule has 1 N–H and O–H groups in total. The lowest BCUT2D eigenvalue weighted by molar-refractivity contribution is 0.420. The highest BCUT2D eigenvalue weighted by Crippen LogP contribution is 2.40. The zero-order chi connectivity index (χ0) is 16.9. The van der Waals surface area contributed by atoms with E-state index in [0.717, 1.165) is 24.0 Å². The average Bonchev–Trinajstić information content (AvgIpc) is 3.32. The quantitative estimate of drug-likeness (QED) is 0.923. The number of nitrogens with zero attached hydrogens (tertiary/aromatic N) is 2. The second-order valence-corrected chi connectivity index (χ2v) is 9.73. The largest absolute Gasteiger partial charge is 0.382 e. The van der Waals surface area contributed by atoms with E-state index < -0.39 is 9.84 Å². The van der Waals surface area contributed by atoms with E-state index in [9.17, 15) is 8.42 Å². The molecule has 1 saturated carbocycles. The number of fused-ring (bicyclic) bond motifs is 1. The van der Waals surface area contributed by atoms with Crippen molar-refractivity contribution in [2.75, 3.05) is 16.8 Å². The number of hydrogen-bond donors (Lipinski definition) is 1. The third-order valence-corrected chi connectivity index (χ3v) is 7.27. The zero-order valence-electron chi connectivity index (χ0n) is 14.3. The van der Waals surface area contributed by atoms with Crippen LogP contribution in [0.3, 0.4) is 0 Å². The van der Waals surface area contributed by atoms with Gasteiger partial charge in [0.15, 0.2) is 0 Å². The van der Waals surface area contributed by atoms with Crippen LogP contribution in [-0.4, -0.2) is 35.5 Å². The Balaban J connectivity index is 1.50. The van der Waals surface area contributed by atoms with E-state index in [1.807, 2.05) is 0 Å². The number of anilines is 1. The van der Waals surface area contributed by atoms with Gasteiger partial charge in [-0.05, 0) is 56.7 Å². The Hall–Kier alpha value is -1.56. The summed E-state index contributed by atoms with van der Waals surface area (Å²) in [7, 11) is -0.697. The lowest BCUT2D eigenvalue weighted by Gasteiger charge is -2.29. The smallest absolute Gasteiger partial charge is 0.150 e. The summed E-state index contributed by atoms with van der Waals surface area (Å²) in [6.07, 6.45) is 4.02. The van der Waals surface area contributed by atoms with Crippen molar-refractivity contribution in [1.29, 1.82) is 0 Å². The summed E-state index contributed by atoms with van der Waals surface area (Å²) in [6.45, 7) is 2.15. The van der Waals surface area contributed by atoms with Crippen molar-refractivity contribution in [3.8, 4) is 0 Å². The first-order valence-electron chi connectivity index (χ1n) is 8.86. The van der Waals surface area contributed by atoms with Gasteiger partial charge in [0, 0.05) is 24.7 Å². The third kappa shape index (κ3) is 3.04. The van der Waals surface area contributed by atoms with Crippen LogP contribution < -0.4 is 5.32 Å². The van der Waals surface area contributed by atoms with Crippen molar-refractivity contribution in [1.82, 2.24) is 9.55 Å². The van der Waals surface area contributed by atoms with Crippen LogP contribution in [0.5, 0.6) is 0 Å². The highest BCUT2D eigenvalue weighted by atomic mass is 32.2. The molecule has 1 atom stereocenters. The van der Waals surface area contributed by atoms with Crippen LogP contribution in [0.2, 0.25) is 0 Å². The number of sulfone groups is 1. The highest BCUT2D eigenvalue weighted by molar-refractivity contribution is 7.91. The molecule has 0 amide bonds. The minimum absolute atomic E-state index is 0.268. The van der Waals surface area contributed by atoms with Gasteiger partial charge in [0.2, 0.25) is 0 Å². The van der Waals surface area contributed by atoms with E-state index in [1.165, 1.54) is 24.2 Å². The topological polar surface area (TPSA) is 64.0 Å². The Morgan fingerprint density at radius 3 is 2.58 bits per heavy atom. The molecule has 2 aromatic rings. The van der Waals surface area contributed by atoms with Crippen molar-refractivity contribution in [3.63, 3.8) is 0 Å². The minimum atomic E-state index is -2.80. The van der Waals surface area contributed by atoms with Gasteiger partial charge in [-0.1, -0.05) is 0 Å². The Morgan fingerprint density at radius 2 is 1.92 bits per heavy atom. The number of hydrogen-bond acceptors (Lipinski definition) is 4. The lowest BCUT2D eigenvalue weighted by Crippen LogP contribution is -2.33. The van der Waals surface area contributed by atoms with E-state index in [2.05, 4.69) is 42.1 Å². The van der Waals surface area contributed by atoms with Gasteiger partial charge in [0.25, 0.3) is 0 Å². The van der Waals surface area contributed by atoms with Crippen LogP contribution in [0.25, 0.3) is 11.0 Å². The third-order valence-electron chi connectivity index (χ3n) is 5.56. The normalized spacial score (nSPS) is 22.6. The summed E-state index contributed by atoms with van der Waals surface area (Å²) in [5.41, 5.74) is 3.30. The molecule has 1 saturated heterocycles. The summed E-state index contributed by atoms with van der Waals surface area (Å²) in [6, 6.07) is 6.63. The molecule has 4 rings (SSSR count). The second kappa shape index (κ2) is 5.76. The van der Waals surface area contributed by atoms with Crippen LogP contribution in [-0.2, 0) is 16.9 Å². The first-order chi connectivity index (χ1) is 11.4. The summed E-state index contributed by atoms with van der Waals surface area (Å²) in [5, 5.41) is 3.56. The number of rotatable bonds is 4. The van der Waals surface area contributed by atoms with Gasteiger partial charge < -0.3 is 9.88 Å². The SMILES string of the molecule is CC(Nc1ccc2c(c1)nc(C1CC1)n2C)C1CCS(=O)(=O)CC1. The van der Waals surface area contributed by atoms with Crippen molar-refractivity contribution in [2.45, 2.75) is 44.6 Å². The van der Waals surface area contributed by atoms with E-state index in [4.69, 9.17) is 4.98 Å². The fraction of sp³-hybridized carbons (Fsp3) is 0.611. The molecule has 2 fully saturated rings. The maximum Gasteiger partial charge on any atom is 0.150 e. The van der Waals surface area contributed by atoms with Crippen LogP contribution in [0.4, 0.5) is 5.69 Å². The molecule has 1 aromatic heterocycles. The first-order valence-corrected chi connectivity index (χ1v) is 10.7. The van der Waals surface area contributed by atoms with Crippen molar-refractivity contribution < 1.29 is 8.42 Å². The summed E-state index contributed by atoms with van der Waals surface area (Å²) >= 11 is 0. The van der Waals surface area contributed by atoms with Gasteiger partial charge in [0.1, 0.15) is 15.7 Å². The molecule has 2 heterocycles. The standard InChI is InChI=1S/C18H25N3O2S/c1-12(13-7-9-24(22,23)10-8-13)19-15-5-6-17-16(11-15)20-18(21(17)2)14-3-4-14/h5-6,11-14,19H,3-4,7-10H2,1-2H3. The Morgan fingerprint density at radius 1 is 1.21 bits per heavy atom. The van der Waals surface area contributed by atoms with E-state index >= 15 is 0 Å². The van der Waals surface area contributed by atoms with Gasteiger partial charge in [0.05, 0.1) is 22.5 Å². The average molecular weight is 347 g/mol. The monoisotopic (exact) mass is 347 g/mol. The fourth-order valence-electron chi connectivity index (χ4n) is 3.80. The molecule has 6 heteroatoms. The number of nitrogens with one attached hydrogen (secondary N) is 1. The molecule has 0 bridgehead atoms. The molecule has 1 unspecified atom stereocenters. The van der Waals surface area contributed by atoms with Gasteiger partial charge in [-0.3, -0.25) is 0 Å². The van der Waals surface area contributed by atoms with Crippen LogP contribution in [0, 0.1) is 5.92 Å². The molecule has 0 radical (unpaired) electrons. The van der Waals surface area contributed by atoms with Crippen molar-refractivity contribution >= 4 is 26.6 Å². The number of imidazole rings is 1. The maximum absolute atomic E-state index is 11.6. The molecule has 0 spiro atoms. The molecule has 24 heavy (non-hydrogen) atoms. The summed E-state index contributed by atoms with van der Waals surface area (Å²) in [4.78, 5) is 4.82. The predicted molar refractivity (Wildman–Crippen MR) is 97.2 cm³/mol. The van der Waals surface area contributed by atoms with Crippen LogP contribution in [0.15, 0.2) is 18.2 Å². The maximum atomic E-state index is 11.6. The van der Waals surface area contributed by atoms with Crippen molar-refractivity contribution in [2.24, 2.45) is 13.0 Å². The van der Waals surface area contributed by atoms with Crippen molar-refractivity contribution in [3.05, 3.63) is 24.0 Å². The molecule has 2 aliphatic rings. The lowest BCUT2D eigenvalue weighted by atomic mass is 9.95. The second-order valence-electron chi connectivity index (χ2n) is 7.43. The molecule has 1 aliphatic carbocycles. The fourth-order valence-corrected chi connectivity index (χ4v) is 5.33. The Labute approximate surface area is 143 Å². The van der Waals surface area contributed by atoms with Gasteiger partial charge in [-0.2, -0.15) is 0 Å². The summed E-state index contributed by atoms with van der Waals surface area (Å²) in [5.74, 6) is 2.91. The van der Waals surface area contributed by atoms with E-state index in [-0.39, 0.29) is 6.04 Å². The minimum Gasteiger partial charge on any atom is -0.382 e. The molecule has 130 valence electrons. The Bertz CT molecular complexity index is 854. The number of benzene rings is 1. The number of aryl methyl sites for hydroxylation is 1. The number of aromatic nitrogens is 2. The Kier molecular flexibility index (Phi) is 3.82. The van der Waals surface area contributed by atoms with Gasteiger partial charge in [-0.25, -0.2) is 13.4 Å². The zero-order valence-corrected chi connectivity index (χ0v) is 15.1.